The average Bonchev–Trinajstić information content (AvgIpc) is 2.37. The molecule has 0 amide bonds. The minimum atomic E-state index is -3.76. The Bertz CT molecular complexity index is 507. The van der Waals surface area contributed by atoms with Gasteiger partial charge in [0.05, 0.1) is 24.0 Å². The molecule has 0 aliphatic heterocycles. The SMILES string of the molecule is CCOC(=O)CC([C@H](C)O)S(=O)(=O)c1ccccc1. The average molecular weight is 286 g/mol. The molecule has 19 heavy (non-hydrogen) atoms. The zero-order valence-electron chi connectivity index (χ0n) is 10.9. The highest BCUT2D eigenvalue weighted by atomic mass is 32.2. The first kappa shape index (κ1) is 15.7. The van der Waals surface area contributed by atoms with E-state index in [0.29, 0.717) is 0 Å². The van der Waals surface area contributed by atoms with Crippen LogP contribution in [0.3, 0.4) is 0 Å². The zero-order chi connectivity index (χ0) is 14.5. The number of aliphatic hydroxyl groups excluding tert-OH is 1. The van der Waals surface area contributed by atoms with Gasteiger partial charge in [0, 0.05) is 0 Å². The molecule has 0 spiro atoms. The first-order valence-electron chi connectivity index (χ1n) is 6.02. The van der Waals surface area contributed by atoms with E-state index in [0.717, 1.165) is 0 Å². The van der Waals surface area contributed by atoms with Gasteiger partial charge in [-0.1, -0.05) is 18.2 Å². The monoisotopic (exact) mass is 286 g/mol. The van der Waals surface area contributed by atoms with E-state index >= 15 is 0 Å². The Morgan fingerprint density at radius 3 is 2.37 bits per heavy atom. The Morgan fingerprint density at radius 2 is 1.89 bits per heavy atom. The topological polar surface area (TPSA) is 80.7 Å². The van der Waals surface area contributed by atoms with Crippen LogP contribution in [0.5, 0.6) is 0 Å². The number of esters is 1. The van der Waals surface area contributed by atoms with Crippen LogP contribution in [-0.4, -0.2) is 37.5 Å². The maximum Gasteiger partial charge on any atom is 0.307 e. The first-order chi connectivity index (χ1) is 8.89. The number of hydrogen-bond acceptors (Lipinski definition) is 5. The molecule has 0 fully saturated rings. The van der Waals surface area contributed by atoms with E-state index < -0.39 is 27.2 Å². The van der Waals surface area contributed by atoms with Crippen molar-refractivity contribution in [2.24, 2.45) is 0 Å². The lowest BCUT2D eigenvalue weighted by Crippen LogP contribution is -2.35. The van der Waals surface area contributed by atoms with E-state index in [1.807, 2.05) is 0 Å². The van der Waals surface area contributed by atoms with Gasteiger partial charge in [-0.3, -0.25) is 4.79 Å². The number of carbonyl (C=O) groups excluding carboxylic acids is 1. The molecule has 2 atom stereocenters. The summed E-state index contributed by atoms with van der Waals surface area (Å²) < 4.78 is 29.4. The zero-order valence-corrected chi connectivity index (χ0v) is 11.8. The van der Waals surface area contributed by atoms with Gasteiger partial charge in [-0.25, -0.2) is 8.42 Å². The van der Waals surface area contributed by atoms with Crippen molar-refractivity contribution >= 4 is 15.8 Å². The molecule has 0 radical (unpaired) electrons. The molecular weight excluding hydrogens is 268 g/mol. The number of ether oxygens (including phenoxy) is 1. The van der Waals surface area contributed by atoms with Gasteiger partial charge in [0.2, 0.25) is 0 Å². The van der Waals surface area contributed by atoms with E-state index in [1.54, 1.807) is 25.1 Å². The van der Waals surface area contributed by atoms with Crippen LogP contribution in [0.25, 0.3) is 0 Å². The second-order valence-corrected chi connectivity index (χ2v) is 6.31. The highest BCUT2D eigenvalue weighted by Crippen LogP contribution is 2.21. The highest BCUT2D eigenvalue weighted by Gasteiger charge is 2.33. The number of carbonyl (C=O) groups is 1. The fraction of sp³-hybridized carbons (Fsp3) is 0.462. The van der Waals surface area contributed by atoms with E-state index in [4.69, 9.17) is 4.74 Å². The van der Waals surface area contributed by atoms with Crippen LogP contribution in [0, 0.1) is 0 Å². The second kappa shape index (κ2) is 6.68. The molecule has 0 saturated heterocycles. The van der Waals surface area contributed by atoms with Crippen molar-refractivity contribution in [3.63, 3.8) is 0 Å². The van der Waals surface area contributed by atoms with Crippen molar-refractivity contribution in [1.82, 2.24) is 0 Å². The lowest BCUT2D eigenvalue weighted by molar-refractivity contribution is -0.143. The molecule has 0 aliphatic rings. The summed E-state index contributed by atoms with van der Waals surface area (Å²) in [7, 11) is -3.76. The Labute approximate surface area is 113 Å². The lowest BCUT2D eigenvalue weighted by Gasteiger charge is -2.19. The fourth-order valence-electron chi connectivity index (χ4n) is 1.71. The summed E-state index contributed by atoms with van der Waals surface area (Å²) >= 11 is 0. The molecule has 1 rings (SSSR count). The van der Waals surface area contributed by atoms with Gasteiger partial charge >= 0.3 is 5.97 Å². The first-order valence-corrected chi connectivity index (χ1v) is 7.56. The summed E-state index contributed by atoms with van der Waals surface area (Å²) in [5, 5.41) is 8.44. The molecule has 0 aromatic heterocycles. The summed E-state index contributed by atoms with van der Waals surface area (Å²) in [4.78, 5) is 11.5. The maximum atomic E-state index is 12.3. The highest BCUT2D eigenvalue weighted by molar-refractivity contribution is 7.92. The van der Waals surface area contributed by atoms with Crippen LogP contribution in [-0.2, 0) is 19.4 Å². The van der Waals surface area contributed by atoms with Crippen LogP contribution in [0.2, 0.25) is 0 Å². The van der Waals surface area contributed by atoms with Gasteiger partial charge < -0.3 is 9.84 Å². The molecule has 1 N–H and O–H groups in total. The van der Waals surface area contributed by atoms with Crippen molar-refractivity contribution in [3.8, 4) is 0 Å². The van der Waals surface area contributed by atoms with Crippen LogP contribution < -0.4 is 0 Å². The molecule has 0 bridgehead atoms. The number of sulfone groups is 1. The van der Waals surface area contributed by atoms with Crippen molar-refractivity contribution in [3.05, 3.63) is 30.3 Å². The molecule has 0 aliphatic carbocycles. The van der Waals surface area contributed by atoms with Crippen LogP contribution >= 0.6 is 0 Å². The smallest absolute Gasteiger partial charge is 0.307 e. The Hall–Kier alpha value is -1.40. The van der Waals surface area contributed by atoms with Crippen LogP contribution in [0.15, 0.2) is 35.2 Å². The molecule has 5 nitrogen and oxygen atoms in total. The molecule has 0 heterocycles. The van der Waals surface area contributed by atoms with E-state index in [-0.39, 0.29) is 17.9 Å². The largest absolute Gasteiger partial charge is 0.466 e. The van der Waals surface area contributed by atoms with Crippen LogP contribution in [0.4, 0.5) is 0 Å². The molecule has 1 aromatic rings. The number of aliphatic hydroxyl groups is 1. The quantitative estimate of drug-likeness (QED) is 0.794. The van der Waals surface area contributed by atoms with Gasteiger partial charge in [-0.05, 0) is 26.0 Å². The normalized spacial score (nSPS) is 14.7. The van der Waals surface area contributed by atoms with E-state index in [1.165, 1.54) is 19.1 Å². The lowest BCUT2D eigenvalue weighted by atomic mass is 10.2. The molecular formula is C13H18O5S. The van der Waals surface area contributed by atoms with Gasteiger partial charge in [0.15, 0.2) is 9.84 Å². The van der Waals surface area contributed by atoms with Gasteiger partial charge in [0.1, 0.15) is 5.25 Å². The summed E-state index contributed by atoms with van der Waals surface area (Å²) in [5.41, 5.74) is 0. The molecule has 1 aromatic carbocycles. The maximum absolute atomic E-state index is 12.3. The minimum Gasteiger partial charge on any atom is -0.466 e. The number of hydrogen-bond donors (Lipinski definition) is 1. The van der Waals surface area contributed by atoms with Gasteiger partial charge in [0.25, 0.3) is 0 Å². The summed E-state index contributed by atoms with van der Waals surface area (Å²) in [5.74, 6) is -0.632. The predicted octanol–water partition coefficient (Wildman–Crippen LogP) is 1.16. The Balaban J connectivity index is 3.02. The van der Waals surface area contributed by atoms with E-state index in [9.17, 15) is 18.3 Å². The molecule has 106 valence electrons. The molecule has 6 heteroatoms. The van der Waals surface area contributed by atoms with Gasteiger partial charge in [-0.2, -0.15) is 0 Å². The van der Waals surface area contributed by atoms with E-state index in [2.05, 4.69) is 0 Å². The summed E-state index contributed by atoms with van der Waals surface area (Å²) in [6.07, 6.45) is -1.52. The second-order valence-electron chi connectivity index (χ2n) is 4.15. The number of rotatable bonds is 6. The fourth-order valence-corrected chi connectivity index (χ4v) is 3.47. The summed E-state index contributed by atoms with van der Waals surface area (Å²) in [6.45, 7) is 3.17. The Morgan fingerprint density at radius 1 is 1.32 bits per heavy atom. The third kappa shape index (κ3) is 4.04. The third-order valence-corrected chi connectivity index (χ3v) is 4.97. The van der Waals surface area contributed by atoms with Gasteiger partial charge in [-0.15, -0.1) is 0 Å². The third-order valence-electron chi connectivity index (χ3n) is 2.68. The van der Waals surface area contributed by atoms with Crippen LogP contribution in [0.1, 0.15) is 20.3 Å². The number of benzene rings is 1. The summed E-state index contributed by atoms with van der Waals surface area (Å²) in [6, 6.07) is 7.76. The Kier molecular flexibility index (Phi) is 5.50. The van der Waals surface area contributed by atoms with Crippen molar-refractivity contribution < 1.29 is 23.1 Å². The van der Waals surface area contributed by atoms with Crippen molar-refractivity contribution in [2.75, 3.05) is 6.61 Å². The van der Waals surface area contributed by atoms with Crippen molar-refractivity contribution in [1.29, 1.82) is 0 Å². The van der Waals surface area contributed by atoms with Crippen molar-refractivity contribution in [2.45, 2.75) is 36.5 Å². The standard InChI is InChI=1S/C13H18O5S/c1-3-18-13(15)9-12(10(2)14)19(16,17)11-7-5-4-6-8-11/h4-8,10,12,14H,3,9H2,1-2H3/t10-,12?/m0/s1. The predicted molar refractivity (Wildman–Crippen MR) is 70.3 cm³/mol. The molecule has 1 unspecified atom stereocenters. The molecule has 0 saturated carbocycles. The minimum absolute atomic E-state index is 0.0881.